The van der Waals surface area contributed by atoms with Gasteiger partial charge in [0.2, 0.25) is 0 Å². The first-order valence-corrected chi connectivity index (χ1v) is 6.00. The van der Waals surface area contributed by atoms with Crippen molar-refractivity contribution in [3.8, 4) is 0 Å². The van der Waals surface area contributed by atoms with Crippen molar-refractivity contribution in [2.45, 2.75) is 6.92 Å². The molecule has 0 saturated carbocycles. The fraction of sp³-hybridized carbons (Fsp3) is 0.286. The van der Waals surface area contributed by atoms with E-state index in [0.717, 1.165) is 11.6 Å². The second-order valence-corrected chi connectivity index (χ2v) is 3.75. The fourth-order valence-electron chi connectivity index (χ4n) is 1.40. The molecule has 5 nitrogen and oxygen atoms in total. The van der Waals surface area contributed by atoms with Gasteiger partial charge in [-0.3, -0.25) is 4.79 Å². The van der Waals surface area contributed by atoms with Crippen LogP contribution in [0.1, 0.15) is 22.8 Å². The van der Waals surface area contributed by atoms with E-state index in [4.69, 9.17) is 9.84 Å². The quantitative estimate of drug-likeness (QED) is 0.578. The summed E-state index contributed by atoms with van der Waals surface area (Å²) in [6.45, 7) is 3.47. The minimum Gasteiger partial charge on any atom is -0.478 e. The lowest BCUT2D eigenvalue weighted by atomic mass is 10.1. The van der Waals surface area contributed by atoms with Gasteiger partial charge >= 0.3 is 5.97 Å². The predicted molar refractivity (Wildman–Crippen MR) is 71.9 cm³/mol. The van der Waals surface area contributed by atoms with Gasteiger partial charge in [0.05, 0.1) is 6.61 Å². The Morgan fingerprint density at radius 1 is 1.32 bits per heavy atom. The molecule has 0 bridgehead atoms. The molecule has 1 aromatic carbocycles. The zero-order valence-corrected chi connectivity index (χ0v) is 10.8. The highest BCUT2D eigenvalue weighted by molar-refractivity contribution is 5.94. The maximum atomic E-state index is 11.7. The number of hydrogen-bond donors (Lipinski definition) is 2. The molecule has 0 heterocycles. The second-order valence-electron chi connectivity index (χ2n) is 3.75. The van der Waals surface area contributed by atoms with Gasteiger partial charge in [-0.15, -0.1) is 0 Å². The smallest absolute Gasteiger partial charge is 0.328 e. The van der Waals surface area contributed by atoms with Crippen LogP contribution >= 0.6 is 0 Å². The van der Waals surface area contributed by atoms with Gasteiger partial charge < -0.3 is 15.2 Å². The fourth-order valence-corrected chi connectivity index (χ4v) is 1.40. The molecule has 1 aromatic rings. The Morgan fingerprint density at radius 2 is 2.00 bits per heavy atom. The Kier molecular flexibility index (Phi) is 6.32. The molecule has 0 saturated heterocycles. The summed E-state index contributed by atoms with van der Waals surface area (Å²) in [4.78, 5) is 22.1. The number of nitrogens with one attached hydrogen (secondary N) is 1. The molecule has 0 atom stereocenters. The van der Waals surface area contributed by atoms with Crippen molar-refractivity contribution >= 4 is 18.0 Å². The van der Waals surface area contributed by atoms with E-state index in [-0.39, 0.29) is 5.91 Å². The van der Waals surface area contributed by atoms with Crippen LogP contribution in [0.15, 0.2) is 30.3 Å². The summed E-state index contributed by atoms with van der Waals surface area (Å²) in [7, 11) is 0. The molecule has 0 aromatic heterocycles. The number of rotatable bonds is 7. The second kappa shape index (κ2) is 8.05. The van der Waals surface area contributed by atoms with Crippen molar-refractivity contribution in [3.63, 3.8) is 0 Å². The molecule has 19 heavy (non-hydrogen) atoms. The highest BCUT2D eigenvalue weighted by Crippen LogP contribution is 2.06. The van der Waals surface area contributed by atoms with E-state index in [1.54, 1.807) is 24.3 Å². The van der Waals surface area contributed by atoms with E-state index in [2.05, 4.69) is 5.32 Å². The first-order chi connectivity index (χ1) is 9.13. The Morgan fingerprint density at radius 3 is 2.58 bits per heavy atom. The SMILES string of the molecule is CCOCCNC(=O)c1ccc(/C=C/C(=O)O)cc1. The molecule has 0 aliphatic carbocycles. The van der Waals surface area contributed by atoms with Crippen molar-refractivity contribution in [1.82, 2.24) is 5.32 Å². The minimum absolute atomic E-state index is 0.173. The maximum absolute atomic E-state index is 11.7. The summed E-state index contributed by atoms with van der Waals surface area (Å²) in [6, 6.07) is 6.68. The summed E-state index contributed by atoms with van der Waals surface area (Å²) in [5.41, 5.74) is 1.26. The molecule has 0 radical (unpaired) electrons. The minimum atomic E-state index is -1.00. The summed E-state index contributed by atoms with van der Waals surface area (Å²) >= 11 is 0. The van der Waals surface area contributed by atoms with Gasteiger partial charge in [-0.2, -0.15) is 0 Å². The van der Waals surface area contributed by atoms with Crippen molar-refractivity contribution in [3.05, 3.63) is 41.5 Å². The monoisotopic (exact) mass is 263 g/mol. The molecule has 0 fully saturated rings. The molecule has 5 heteroatoms. The Balaban J connectivity index is 2.51. The van der Waals surface area contributed by atoms with Gasteiger partial charge in [-0.1, -0.05) is 12.1 Å². The number of ether oxygens (including phenoxy) is 1. The molecule has 0 aliphatic heterocycles. The Hall–Kier alpha value is -2.14. The Bertz CT molecular complexity index is 451. The zero-order chi connectivity index (χ0) is 14.1. The molecule has 1 rings (SSSR count). The molecule has 0 spiro atoms. The third-order valence-corrected chi connectivity index (χ3v) is 2.33. The molecule has 0 unspecified atom stereocenters. The molecular weight excluding hydrogens is 246 g/mol. The number of hydrogen-bond acceptors (Lipinski definition) is 3. The summed E-state index contributed by atoms with van der Waals surface area (Å²) in [5, 5.41) is 11.2. The third-order valence-electron chi connectivity index (χ3n) is 2.33. The summed E-state index contributed by atoms with van der Waals surface area (Å²) in [6.07, 6.45) is 2.52. The first-order valence-electron chi connectivity index (χ1n) is 6.00. The van der Waals surface area contributed by atoms with Crippen molar-refractivity contribution < 1.29 is 19.4 Å². The summed E-state index contributed by atoms with van der Waals surface area (Å²) in [5.74, 6) is -1.17. The average molecular weight is 263 g/mol. The third kappa shape index (κ3) is 5.83. The van der Waals surface area contributed by atoms with E-state index in [1.165, 1.54) is 6.08 Å². The molecule has 0 aliphatic rings. The lowest BCUT2D eigenvalue weighted by Gasteiger charge is -2.05. The van der Waals surface area contributed by atoms with Gasteiger partial charge in [0, 0.05) is 24.8 Å². The van der Waals surface area contributed by atoms with E-state index < -0.39 is 5.97 Å². The van der Waals surface area contributed by atoms with Crippen molar-refractivity contribution in [2.75, 3.05) is 19.8 Å². The topological polar surface area (TPSA) is 75.6 Å². The number of carbonyl (C=O) groups excluding carboxylic acids is 1. The number of aliphatic carboxylic acids is 1. The van der Waals surface area contributed by atoms with Crippen molar-refractivity contribution in [2.24, 2.45) is 0 Å². The predicted octanol–water partition coefficient (Wildman–Crippen LogP) is 1.55. The Labute approximate surface area is 111 Å². The van der Waals surface area contributed by atoms with Gasteiger partial charge in [-0.05, 0) is 30.7 Å². The number of amides is 1. The van der Waals surface area contributed by atoms with Crippen LogP contribution in [0.5, 0.6) is 0 Å². The van der Waals surface area contributed by atoms with E-state index in [0.29, 0.717) is 25.3 Å². The van der Waals surface area contributed by atoms with E-state index in [9.17, 15) is 9.59 Å². The molecule has 2 N–H and O–H groups in total. The lowest BCUT2D eigenvalue weighted by Crippen LogP contribution is -2.27. The van der Waals surface area contributed by atoms with Crippen molar-refractivity contribution in [1.29, 1.82) is 0 Å². The largest absolute Gasteiger partial charge is 0.478 e. The molecular formula is C14H17NO4. The normalized spacial score (nSPS) is 10.6. The van der Waals surface area contributed by atoms with Gasteiger partial charge in [0.25, 0.3) is 5.91 Å². The van der Waals surface area contributed by atoms with Crippen LogP contribution in [0.4, 0.5) is 0 Å². The van der Waals surface area contributed by atoms with Crippen LogP contribution in [0.25, 0.3) is 6.08 Å². The highest BCUT2D eigenvalue weighted by Gasteiger charge is 2.03. The van der Waals surface area contributed by atoms with Gasteiger partial charge in [0.15, 0.2) is 0 Å². The van der Waals surface area contributed by atoms with Crippen LogP contribution in [0.2, 0.25) is 0 Å². The molecule has 1 amide bonds. The number of benzene rings is 1. The standard InChI is InChI=1S/C14H17NO4/c1-2-19-10-9-15-14(18)12-6-3-11(4-7-12)5-8-13(16)17/h3-8H,2,9-10H2,1H3,(H,15,18)(H,16,17)/b8-5+. The van der Waals surface area contributed by atoms with Gasteiger partial charge in [-0.25, -0.2) is 4.79 Å². The zero-order valence-electron chi connectivity index (χ0n) is 10.8. The maximum Gasteiger partial charge on any atom is 0.328 e. The number of carboxylic acid groups (broad SMARTS) is 1. The number of carboxylic acids is 1. The first kappa shape index (κ1) is 14.9. The van der Waals surface area contributed by atoms with Crippen LogP contribution in [0, 0.1) is 0 Å². The van der Waals surface area contributed by atoms with Gasteiger partial charge in [0.1, 0.15) is 0 Å². The lowest BCUT2D eigenvalue weighted by molar-refractivity contribution is -0.131. The van der Waals surface area contributed by atoms with Crippen LogP contribution in [-0.4, -0.2) is 36.7 Å². The highest BCUT2D eigenvalue weighted by atomic mass is 16.5. The average Bonchev–Trinajstić information content (AvgIpc) is 2.41. The molecule has 102 valence electrons. The van der Waals surface area contributed by atoms with Crippen LogP contribution in [0.3, 0.4) is 0 Å². The van der Waals surface area contributed by atoms with Crippen LogP contribution < -0.4 is 5.32 Å². The van der Waals surface area contributed by atoms with E-state index in [1.807, 2.05) is 6.92 Å². The number of carbonyl (C=O) groups is 2. The summed E-state index contributed by atoms with van der Waals surface area (Å²) < 4.78 is 5.11. The van der Waals surface area contributed by atoms with E-state index >= 15 is 0 Å². The van der Waals surface area contributed by atoms with Crippen LogP contribution in [-0.2, 0) is 9.53 Å².